The van der Waals surface area contributed by atoms with E-state index in [0.717, 1.165) is 23.4 Å². The standard InChI is InChI=1S/C15H16N4O2/c1-10-3-4-11(7-12(10)20-2)13-18-14(21-19-13)15(8-16)5-6-17-9-15/h3-4,7,17H,5-6,9H2,1-2H3. The third-order valence-electron chi connectivity index (χ3n) is 3.87. The monoisotopic (exact) mass is 284 g/mol. The van der Waals surface area contributed by atoms with Crippen molar-refractivity contribution in [3.05, 3.63) is 29.7 Å². The second-order valence-corrected chi connectivity index (χ2v) is 5.23. The van der Waals surface area contributed by atoms with Gasteiger partial charge in [-0.15, -0.1) is 0 Å². The molecule has 0 saturated carbocycles. The number of rotatable bonds is 3. The van der Waals surface area contributed by atoms with E-state index in [1.54, 1.807) is 7.11 Å². The molecule has 0 amide bonds. The van der Waals surface area contributed by atoms with Crippen molar-refractivity contribution in [2.45, 2.75) is 18.8 Å². The first-order valence-corrected chi connectivity index (χ1v) is 6.80. The van der Waals surface area contributed by atoms with Crippen LogP contribution in [0.2, 0.25) is 0 Å². The van der Waals surface area contributed by atoms with Crippen molar-refractivity contribution >= 4 is 0 Å². The highest BCUT2D eigenvalue weighted by atomic mass is 16.5. The number of hydrogen-bond acceptors (Lipinski definition) is 6. The molecule has 0 spiro atoms. The van der Waals surface area contributed by atoms with Crippen LogP contribution < -0.4 is 10.1 Å². The van der Waals surface area contributed by atoms with E-state index in [1.807, 2.05) is 25.1 Å². The Kier molecular flexibility index (Phi) is 3.35. The van der Waals surface area contributed by atoms with Crippen molar-refractivity contribution in [1.82, 2.24) is 15.5 Å². The van der Waals surface area contributed by atoms with Crippen LogP contribution in [-0.2, 0) is 5.41 Å². The first kappa shape index (κ1) is 13.6. The quantitative estimate of drug-likeness (QED) is 0.925. The fraction of sp³-hybridized carbons (Fsp3) is 0.400. The predicted molar refractivity (Wildman–Crippen MR) is 75.8 cm³/mol. The van der Waals surface area contributed by atoms with Crippen LogP contribution >= 0.6 is 0 Å². The van der Waals surface area contributed by atoms with Crippen molar-refractivity contribution in [3.63, 3.8) is 0 Å². The molecule has 0 bridgehead atoms. The number of methoxy groups -OCH3 is 1. The molecule has 6 nitrogen and oxygen atoms in total. The maximum absolute atomic E-state index is 9.43. The third kappa shape index (κ3) is 2.26. The Bertz CT molecular complexity index is 696. The van der Waals surface area contributed by atoms with Gasteiger partial charge in [0.25, 0.3) is 0 Å². The molecule has 2 heterocycles. The molecule has 3 rings (SSSR count). The summed E-state index contributed by atoms with van der Waals surface area (Å²) >= 11 is 0. The van der Waals surface area contributed by atoms with Gasteiger partial charge in [-0.2, -0.15) is 10.2 Å². The van der Waals surface area contributed by atoms with Gasteiger partial charge in [-0.3, -0.25) is 0 Å². The van der Waals surface area contributed by atoms with Gasteiger partial charge in [0.1, 0.15) is 11.2 Å². The Labute approximate surface area is 122 Å². The zero-order valence-corrected chi connectivity index (χ0v) is 12.0. The smallest absolute Gasteiger partial charge is 0.248 e. The maximum atomic E-state index is 9.43. The van der Waals surface area contributed by atoms with Crippen molar-refractivity contribution in [2.75, 3.05) is 20.2 Å². The summed E-state index contributed by atoms with van der Waals surface area (Å²) in [6.07, 6.45) is 0.683. The molecule has 1 saturated heterocycles. The molecule has 1 aliphatic rings. The molecule has 0 aliphatic carbocycles. The molecule has 1 aromatic carbocycles. The van der Waals surface area contributed by atoms with Gasteiger partial charge in [-0.05, 0) is 31.5 Å². The molecule has 108 valence electrons. The van der Waals surface area contributed by atoms with Crippen molar-refractivity contribution in [3.8, 4) is 23.2 Å². The van der Waals surface area contributed by atoms with Gasteiger partial charge in [-0.1, -0.05) is 17.3 Å². The van der Waals surface area contributed by atoms with Crippen LogP contribution in [0.15, 0.2) is 22.7 Å². The van der Waals surface area contributed by atoms with E-state index in [0.29, 0.717) is 24.7 Å². The maximum Gasteiger partial charge on any atom is 0.248 e. The van der Waals surface area contributed by atoms with Crippen molar-refractivity contribution in [2.24, 2.45) is 0 Å². The first-order valence-electron chi connectivity index (χ1n) is 6.80. The summed E-state index contributed by atoms with van der Waals surface area (Å²) in [5, 5.41) is 16.6. The number of benzene rings is 1. The second kappa shape index (κ2) is 5.19. The summed E-state index contributed by atoms with van der Waals surface area (Å²) in [5.74, 6) is 1.63. The molecule has 2 aromatic rings. The van der Waals surface area contributed by atoms with Gasteiger partial charge in [0.2, 0.25) is 11.7 Å². The van der Waals surface area contributed by atoms with E-state index >= 15 is 0 Å². The zero-order chi connectivity index (χ0) is 14.9. The summed E-state index contributed by atoms with van der Waals surface area (Å²) in [7, 11) is 1.63. The molecule has 1 fully saturated rings. The topological polar surface area (TPSA) is 84.0 Å². The normalized spacial score (nSPS) is 21.2. The Morgan fingerprint density at radius 1 is 1.48 bits per heavy atom. The predicted octanol–water partition coefficient (Wildman–Crippen LogP) is 1.81. The first-order chi connectivity index (χ1) is 10.2. The van der Waals surface area contributed by atoms with Crippen LogP contribution in [-0.4, -0.2) is 30.3 Å². The fourth-order valence-corrected chi connectivity index (χ4v) is 2.51. The Morgan fingerprint density at radius 3 is 3.00 bits per heavy atom. The van der Waals surface area contributed by atoms with E-state index in [2.05, 4.69) is 21.5 Å². The van der Waals surface area contributed by atoms with Crippen LogP contribution in [0.4, 0.5) is 0 Å². The Morgan fingerprint density at radius 2 is 2.33 bits per heavy atom. The lowest BCUT2D eigenvalue weighted by Crippen LogP contribution is -2.27. The molecule has 0 radical (unpaired) electrons. The lowest BCUT2D eigenvalue weighted by atomic mass is 9.89. The summed E-state index contributed by atoms with van der Waals surface area (Å²) < 4.78 is 10.6. The van der Waals surface area contributed by atoms with Crippen LogP contribution in [0.3, 0.4) is 0 Å². The van der Waals surface area contributed by atoms with Gasteiger partial charge in [-0.25, -0.2) is 0 Å². The van der Waals surface area contributed by atoms with Crippen LogP contribution in [0.1, 0.15) is 17.9 Å². The lowest BCUT2D eigenvalue weighted by Gasteiger charge is -2.12. The average Bonchev–Trinajstić information content (AvgIpc) is 3.17. The average molecular weight is 284 g/mol. The highest BCUT2D eigenvalue weighted by Gasteiger charge is 2.41. The van der Waals surface area contributed by atoms with Gasteiger partial charge in [0.05, 0.1) is 13.2 Å². The molecule has 1 N–H and O–H groups in total. The van der Waals surface area contributed by atoms with Crippen molar-refractivity contribution < 1.29 is 9.26 Å². The second-order valence-electron chi connectivity index (χ2n) is 5.23. The minimum Gasteiger partial charge on any atom is -0.496 e. The molecule has 1 aliphatic heterocycles. The zero-order valence-electron chi connectivity index (χ0n) is 12.0. The van der Waals surface area contributed by atoms with Gasteiger partial charge >= 0.3 is 0 Å². The van der Waals surface area contributed by atoms with E-state index in [4.69, 9.17) is 9.26 Å². The number of aromatic nitrogens is 2. The molecule has 1 aromatic heterocycles. The number of nitrogens with zero attached hydrogens (tertiary/aromatic N) is 3. The molecular weight excluding hydrogens is 268 g/mol. The fourth-order valence-electron chi connectivity index (χ4n) is 2.51. The van der Waals surface area contributed by atoms with E-state index in [-0.39, 0.29) is 0 Å². The van der Waals surface area contributed by atoms with E-state index < -0.39 is 5.41 Å². The van der Waals surface area contributed by atoms with Crippen LogP contribution in [0.5, 0.6) is 5.75 Å². The summed E-state index contributed by atoms with van der Waals surface area (Å²) in [5.41, 5.74) is 1.14. The van der Waals surface area contributed by atoms with E-state index in [1.165, 1.54) is 0 Å². The van der Waals surface area contributed by atoms with Crippen LogP contribution in [0.25, 0.3) is 11.4 Å². The number of nitrogens with one attached hydrogen (secondary N) is 1. The molecular formula is C15H16N4O2. The molecule has 6 heteroatoms. The van der Waals surface area contributed by atoms with E-state index in [9.17, 15) is 5.26 Å². The molecule has 1 atom stereocenters. The number of aryl methyl sites for hydroxylation is 1. The van der Waals surface area contributed by atoms with Gasteiger partial charge in [0, 0.05) is 12.1 Å². The molecule has 1 unspecified atom stereocenters. The van der Waals surface area contributed by atoms with Crippen molar-refractivity contribution in [1.29, 1.82) is 5.26 Å². The SMILES string of the molecule is COc1cc(-c2noc(C3(C#N)CCNC3)n2)ccc1C. The lowest BCUT2D eigenvalue weighted by molar-refractivity contribution is 0.330. The Hall–Kier alpha value is -2.39. The number of nitriles is 1. The van der Waals surface area contributed by atoms with Gasteiger partial charge < -0.3 is 14.6 Å². The minimum atomic E-state index is -0.708. The Balaban J connectivity index is 1.97. The molecule has 21 heavy (non-hydrogen) atoms. The minimum absolute atomic E-state index is 0.379. The van der Waals surface area contributed by atoms with Crippen LogP contribution in [0, 0.1) is 18.3 Å². The number of ether oxygens (including phenoxy) is 1. The summed E-state index contributed by atoms with van der Waals surface area (Å²) in [6, 6.07) is 8.04. The van der Waals surface area contributed by atoms with Gasteiger partial charge in [0.15, 0.2) is 0 Å². The summed E-state index contributed by atoms with van der Waals surface area (Å²) in [4.78, 5) is 4.41. The highest BCUT2D eigenvalue weighted by Crippen LogP contribution is 2.31. The highest BCUT2D eigenvalue weighted by molar-refractivity contribution is 5.59. The third-order valence-corrected chi connectivity index (χ3v) is 3.87. The number of hydrogen-bond donors (Lipinski definition) is 1. The summed E-state index contributed by atoms with van der Waals surface area (Å²) in [6.45, 7) is 3.30. The largest absolute Gasteiger partial charge is 0.496 e.